The van der Waals surface area contributed by atoms with Crippen LogP contribution in [0.2, 0.25) is 0 Å². The summed E-state index contributed by atoms with van der Waals surface area (Å²) < 4.78 is 0. The quantitative estimate of drug-likeness (QED) is 0.272. The molecule has 0 bridgehead atoms. The first-order valence-corrected chi connectivity index (χ1v) is 13.3. The first-order chi connectivity index (χ1) is 14.3. The van der Waals surface area contributed by atoms with Gasteiger partial charge in [0.2, 0.25) is 0 Å². The number of thiophene rings is 4. The van der Waals surface area contributed by atoms with Gasteiger partial charge in [0.15, 0.2) is 0 Å². The molecule has 0 saturated carbocycles. The highest BCUT2D eigenvalue weighted by atomic mass is 32.1. The summed E-state index contributed by atoms with van der Waals surface area (Å²) in [7, 11) is 8.56. The molecule has 4 rings (SSSR count). The van der Waals surface area contributed by atoms with Gasteiger partial charge in [-0.05, 0) is 89.6 Å². The van der Waals surface area contributed by atoms with Gasteiger partial charge in [-0.2, -0.15) is 0 Å². The van der Waals surface area contributed by atoms with Crippen LogP contribution in [0, 0.1) is 13.8 Å². The maximum Gasteiger partial charge on any atom is 0.0490 e. The standard InChI is InChI=1S/C24H28N2S4/c1-15-11-17(13-25(3)4)23(27-15)21-9-7-19(29-21)20-8-10-22(30-20)24-18(14-26(5)6)12-16(2)28-24/h7-12H,13-14H2,1-6H3. The molecule has 6 heteroatoms. The fourth-order valence-corrected chi connectivity index (χ4v) is 8.10. The maximum absolute atomic E-state index is 2.34. The summed E-state index contributed by atoms with van der Waals surface area (Å²) in [6.07, 6.45) is 0. The first kappa shape index (κ1) is 21.9. The van der Waals surface area contributed by atoms with Crippen LogP contribution in [0.4, 0.5) is 0 Å². The third kappa shape index (κ3) is 4.79. The second-order valence-electron chi connectivity index (χ2n) is 8.23. The summed E-state index contributed by atoms with van der Waals surface area (Å²) in [6.45, 7) is 6.40. The highest BCUT2D eigenvalue weighted by Crippen LogP contribution is 2.45. The van der Waals surface area contributed by atoms with E-state index in [4.69, 9.17) is 0 Å². The van der Waals surface area contributed by atoms with E-state index in [0.29, 0.717) is 0 Å². The molecule has 0 aliphatic rings. The molecule has 0 aromatic carbocycles. The molecular weight excluding hydrogens is 445 g/mol. The molecule has 0 radical (unpaired) electrons. The van der Waals surface area contributed by atoms with Gasteiger partial charge in [-0.15, -0.1) is 45.3 Å². The second-order valence-corrected chi connectivity index (χ2v) is 12.9. The van der Waals surface area contributed by atoms with Crippen molar-refractivity contribution in [2.75, 3.05) is 28.2 Å². The summed E-state index contributed by atoms with van der Waals surface area (Å²) in [5, 5.41) is 0. The van der Waals surface area contributed by atoms with E-state index in [9.17, 15) is 0 Å². The van der Waals surface area contributed by atoms with Crippen molar-refractivity contribution in [1.29, 1.82) is 0 Å². The van der Waals surface area contributed by atoms with Crippen LogP contribution in [0.25, 0.3) is 29.3 Å². The van der Waals surface area contributed by atoms with Gasteiger partial charge in [0, 0.05) is 52.1 Å². The van der Waals surface area contributed by atoms with Crippen LogP contribution in [0.1, 0.15) is 20.9 Å². The lowest BCUT2D eigenvalue weighted by Gasteiger charge is -2.09. The fourth-order valence-electron chi connectivity index (χ4n) is 3.65. The number of aryl methyl sites for hydroxylation is 2. The average molecular weight is 473 g/mol. The summed E-state index contributed by atoms with van der Waals surface area (Å²) in [5.74, 6) is 0. The number of rotatable bonds is 7. The van der Waals surface area contributed by atoms with Crippen LogP contribution in [0.5, 0.6) is 0 Å². The molecule has 4 aromatic heterocycles. The Morgan fingerprint density at radius 2 is 0.933 bits per heavy atom. The lowest BCUT2D eigenvalue weighted by atomic mass is 10.2. The Kier molecular flexibility index (Phi) is 6.63. The SMILES string of the molecule is Cc1cc(CN(C)C)c(-c2ccc(-c3ccc(-c4sc(C)cc4CN(C)C)s3)s2)s1. The lowest BCUT2D eigenvalue weighted by Crippen LogP contribution is -2.10. The highest BCUT2D eigenvalue weighted by molar-refractivity contribution is 7.28. The van der Waals surface area contributed by atoms with Crippen molar-refractivity contribution < 1.29 is 0 Å². The van der Waals surface area contributed by atoms with Gasteiger partial charge in [0.25, 0.3) is 0 Å². The zero-order chi connectivity index (χ0) is 21.4. The van der Waals surface area contributed by atoms with Gasteiger partial charge in [-0.3, -0.25) is 0 Å². The molecule has 0 aliphatic carbocycles. The van der Waals surface area contributed by atoms with E-state index in [0.717, 1.165) is 13.1 Å². The van der Waals surface area contributed by atoms with Crippen molar-refractivity contribution in [3.05, 3.63) is 57.3 Å². The van der Waals surface area contributed by atoms with Crippen LogP contribution in [-0.4, -0.2) is 38.0 Å². The molecular formula is C24H28N2S4. The molecule has 4 aromatic rings. The zero-order valence-corrected chi connectivity index (χ0v) is 21.7. The van der Waals surface area contributed by atoms with E-state index < -0.39 is 0 Å². The monoisotopic (exact) mass is 472 g/mol. The Bertz CT molecular complexity index is 1050. The zero-order valence-electron chi connectivity index (χ0n) is 18.4. The van der Waals surface area contributed by atoms with E-state index >= 15 is 0 Å². The molecule has 0 amide bonds. The fraction of sp³-hybridized carbons (Fsp3) is 0.333. The van der Waals surface area contributed by atoms with Crippen molar-refractivity contribution in [3.8, 4) is 29.3 Å². The summed E-state index contributed by atoms with van der Waals surface area (Å²) in [4.78, 5) is 15.6. The Hall–Kier alpha value is -1.28. The second kappa shape index (κ2) is 9.07. The van der Waals surface area contributed by atoms with Gasteiger partial charge >= 0.3 is 0 Å². The third-order valence-electron chi connectivity index (χ3n) is 4.74. The third-order valence-corrected chi connectivity index (χ3v) is 9.65. The molecule has 0 aliphatic heterocycles. The minimum atomic E-state index is 0.989. The van der Waals surface area contributed by atoms with Crippen LogP contribution >= 0.6 is 45.3 Å². The Morgan fingerprint density at radius 3 is 1.30 bits per heavy atom. The Balaban J connectivity index is 1.63. The smallest absolute Gasteiger partial charge is 0.0490 e. The summed E-state index contributed by atoms with van der Waals surface area (Å²) >= 11 is 7.67. The molecule has 30 heavy (non-hydrogen) atoms. The Morgan fingerprint density at radius 1 is 0.567 bits per heavy atom. The van der Waals surface area contributed by atoms with Gasteiger partial charge in [0.05, 0.1) is 0 Å². The van der Waals surface area contributed by atoms with Crippen molar-refractivity contribution in [3.63, 3.8) is 0 Å². The molecule has 0 spiro atoms. The predicted molar refractivity (Wildman–Crippen MR) is 139 cm³/mol. The van der Waals surface area contributed by atoms with E-state index in [2.05, 4.69) is 88.2 Å². The van der Waals surface area contributed by atoms with Gasteiger partial charge < -0.3 is 9.80 Å². The number of nitrogens with zero attached hydrogens (tertiary/aromatic N) is 2. The summed E-state index contributed by atoms with van der Waals surface area (Å²) in [5.41, 5.74) is 2.87. The normalized spacial score (nSPS) is 11.9. The molecule has 0 saturated heterocycles. The number of hydrogen-bond acceptors (Lipinski definition) is 6. The highest BCUT2D eigenvalue weighted by Gasteiger charge is 2.16. The molecule has 0 unspecified atom stereocenters. The van der Waals surface area contributed by atoms with Crippen LogP contribution in [0.15, 0.2) is 36.4 Å². The largest absolute Gasteiger partial charge is 0.305 e. The lowest BCUT2D eigenvalue weighted by molar-refractivity contribution is 0.403. The van der Waals surface area contributed by atoms with Crippen molar-refractivity contribution >= 4 is 45.3 Å². The average Bonchev–Trinajstić information content (AvgIpc) is 3.40. The first-order valence-electron chi connectivity index (χ1n) is 9.99. The van der Waals surface area contributed by atoms with Crippen LogP contribution < -0.4 is 0 Å². The number of hydrogen-bond donors (Lipinski definition) is 0. The van der Waals surface area contributed by atoms with Gasteiger partial charge in [0.1, 0.15) is 0 Å². The van der Waals surface area contributed by atoms with E-state index in [1.807, 2.05) is 45.3 Å². The van der Waals surface area contributed by atoms with E-state index in [1.165, 1.54) is 50.1 Å². The molecule has 158 valence electrons. The van der Waals surface area contributed by atoms with Crippen molar-refractivity contribution in [2.45, 2.75) is 26.9 Å². The van der Waals surface area contributed by atoms with Crippen molar-refractivity contribution in [2.24, 2.45) is 0 Å². The Labute approximate surface area is 196 Å². The topological polar surface area (TPSA) is 6.48 Å². The van der Waals surface area contributed by atoms with Crippen LogP contribution in [0.3, 0.4) is 0 Å². The van der Waals surface area contributed by atoms with E-state index in [1.54, 1.807) is 0 Å². The van der Waals surface area contributed by atoms with Gasteiger partial charge in [-0.25, -0.2) is 0 Å². The molecule has 4 heterocycles. The van der Waals surface area contributed by atoms with Crippen molar-refractivity contribution in [1.82, 2.24) is 9.80 Å². The van der Waals surface area contributed by atoms with Gasteiger partial charge in [-0.1, -0.05) is 0 Å². The minimum absolute atomic E-state index is 0.989. The molecule has 0 N–H and O–H groups in total. The molecule has 0 fully saturated rings. The molecule has 2 nitrogen and oxygen atoms in total. The minimum Gasteiger partial charge on any atom is -0.305 e. The molecule has 0 atom stereocenters. The predicted octanol–water partition coefficient (Wildman–Crippen LogP) is 7.67. The maximum atomic E-state index is 2.34. The summed E-state index contributed by atoms with van der Waals surface area (Å²) in [6, 6.07) is 13.9. The van der Waals surface area contributed by atoms with E-state index in [-0.39, 0.29) is 0 Å². The van der Waals surface area contributed by atoms with Crippen LogP contribution in [-0.2, 0) is 13.1 Å².